The van der Waals surface area contributed by atoms with Crippen molar-refractivity contribution in [3.05, 3.63) is 23.9 Å². The number of ether oxygens (including phenoxy) is 1. The highest BCUT2D eigenvalue weighted by Gasteiger charge is 2.32. The van der Waals surface area contributed by atoms with E-state index in [2.05, 4.69) is 17.9 Å². The molecule has 1 saturated heterocycles. The summed E-state index contributed by atoms with van der Waals surface area (Å²) in [4.78, 5) is 21.9. The standard InChI is InChI=1S/C22H35N3O2/c1-5-24-15-9-8-12-19(24)17-13-14-20(23-16-17)25(18-10-6-7-11-18)21(26)27-22(2,3)4/h13-14,16,18-19H,5-12,15H2,1-4H3/t19-/m1/s1. The molecule has 0 unspecified atom stereocenters. The van der Waals surface area contributed by atoms with Gasteiger partial charge in [0.25, 0.3) is 0 Å². The summed E-state index contributed by atoms with van der Waals surface area (Å²) in [5.41, 5.74) is 0.758. The maximum absolute atomic E-state index is 12.9. The second kappa shape index (κ2) is 8.59. The van der Waals surface area contributed by atoms with Gasteiger partial charge in [0.15, 0.2) is 0 Å². The summed E-state index contributed by atoms with van der Waals surface area (Å²) in [5.74, 6) is 0.721. The Bertz CT molecular complexity index is 617. The third kappa shape index (κ3) is 5.01. The molecule has 1 aromatic rings. The Hall–Kier alpha value is -1.62. The van der Waals surface area contributed by atoms with E-state index in [1.165, 1.54) is 24.8 Å². The summed E-state index contributed by atoms with van der Waals surface area (Å²) in [6.45, 7) is 10.2. The van der Waals surface area contributed by atoms with Crippen LogP contribution in [0.1, 0.15) is 84.2 Å². The van der Waals surface area contributed by atoms with E-state index in [0.29, 0.717) is 6.04 Å². The van der Waals surface area contributed by atoms with Gasteiger partial charge >= 0.3 is 6.09 Å². The number of amides is 1. The maximum atomic E-state index is 12.9. The fraction of sp³-hybridized carbons (Fsp3) is 0.727. The van der Waals surface area contributed by atoms with E-state index < -0.39 is 5.60 Å². The zero-order valence-corrected chi connectivity index (χ0v) is 17.4. The lowest BCUT2D eigenvalue weighted by molar-refractivity contribution is 0.0564. The van der Waals surface area contributed by atoms with Crippen molar-refractivity contribution in [2.45, 2.75) is 90.3 Å². The van der Waals surface area contributed by atoms with Crippen LogP contribution in [-0.4, -0.2) is 40.7 Å². The molecule has 1 amide bonds. The van der Waals surface area contributed by atoms with E-state index in [1.54, 1.807) is 4.90 Å². The van der Waals surface area contributed by atoms with Crippen molar-refractivity contribution < 1.29 is 9.53 Å². The van der Waals surface area contributed by atoms with E-state index in [1.807, 2.05) is 33.0 Å². The highest BCUT2D eigenvalue weighted by molar-refractivity contribution is 5.87. The van der Waals surface area contributed by atoms with Crippen molar-refractivity contribution in [1.29, 1.82) is 0 Å². The number of likely N-dealkylation sites (tertiary alicyclic amines) is 1. The fourth-order valence-electron chi connectivity index (χ4n) is 4.39. The average molecular weight is 374 g/mol. The summed E-state index contributed by atoms with van der Waals surface area (Å²) >= 11 is 0. The van der Waals surface area contributed by atoms with Crippen molar-refractivity contribution in [3.63, 3.8) is 0 Å². The van der Waals surface area contributed by atoms with E-state index in [4.69, 9.17) is 9.72 Å². The molecule has 3 rings (SSSR count). The number of pyridine rings is 1. The highest BCUT2D eigenvalue weighted by atomic mass is 16.6. The minimum Gasteiger partial charge on any atom is -0.443 e. The molecule has 1 aliphatic heterocycles. The number of nitrogens with zero attached hydrogens (tertiary/aromatic N) is 3. The lowest BCUT2D eigenvalue weighted by atomic mass is 9.96. The van der Waals surface area contributed by atoms with E-state index in [0.717, 1.165) is 44.6 Å². The molecule has 27 heavy (non-hydrogen) atoms. The van der Waals surface area contributed by atoms with Gasteiger partial charge in [-0.25, -0.2) is 9.78 Å². The van der Waals surface area contributed by atoms with Crippen molar-refractivity contribution in [2.24, 2.45) is 0 Å². The molecule has 2 aliphatic rings. The lowest BCUT2D eigenvalue weighted by Gasteiger charge is -2.35. The summed E-state index contributed by atoms with van der Waals surface area (Å²) < 4.78 is 5.69. The molecule has 1 atom stereocenters. The topological polar surface area (TPSA) is 45.7 Å². The highest BCUT2D eigenvalue weighted by Crippen LogP contribution is 2.33. The molecule has 150 valence electrons. The summed E-state index contributed by atoms with van der Waals surface area (Å²) in [5, 5.41) is 0. The number of piperidine rings is 1. The molecule has 5 heteroatoms. The van der Waals surface area contributed by atoms with Crippen molar-refractivity contribution in [3.8, 4) is 0 Å². The monoisotopic (exact) mass is 373 g/mol. The van der Waals surface area contributed by atoms with Crippen LogP contribution in [-0.2, 0) is 4.74 Å². The first-order chi connectivity index (χ1) is 12.9. The minimum atomic E-state index is -0.502. The van der Waals surface area contributed by atoms with Gasteiger partial charge in [-0.1, -0.05) is 32.3 Å². The van der Waals surface area contributed by atoms with Crippen LogP contribution < -0.4 is 4.90 Å². The maximum Gasteiger partial charge on any atom is 0.416 e. The third-order valence-electron chi connectivity index (χ3n) is 5.70. The summed E-state index contributed by atoms with van der Waals surface area (Å²) in [6.07, 6.45) is 9.81. The van der Waals surface area contributed by atoms with Crippen molar-refractivity contribution >= 4 is 11.9 Å². The fourth-order valence-corrected chi connectivity index (χ4v) is 4.39. The first kappa shape index (κ1) is 20.1. The molecule has 2 heterocycles. The minimum absolute atomic E-state index is 0.194. The number of aromatic nitrogens is 1. The molecule has 5 nitrogen and oxygen atoms in total. The Balaban J connectivity index is 1.81. The molecule has 0 bridgehead atoms. The van der Waals surface area contributed by atoms with Gasteiger partial charge in [-0.05, 0) is 71.2 Å². The lowest BCUT2D eigenvalue weighted by Crippen LogP contribution is -2.43. The van der Waals surface area contributed by atoms with Gasteiger partial charge in [-0.15, -0.1) is 0 Å². The van der Waals surface area contributed by atoms with Crippen LogP contribution >= 0.6 is 0 Å². The van der Waals surface area contributed by atoms with Crippen molar-refractivity contribution in [2.75, 3.05) is 18.0 Å². The number of hydrogen-bond donors (Lipinski definition) is 0. The SMILES string of the molecule is CCN1CCCC[C@@H]1c1ccc(N(C(=O)OC(C)(C)C)C2CCCC2)nc1. The van der Waals surface area contributed by atoms with E-state index in [9.17, 15) is 4.79 Å². The van der Waals surface area contributed by atoms with Crippen LogP contribution in [0.2, 0.25) is 0 Å². The molecule has 0 N–H and O–H groups in total. The van der Waals surface area contributed by atoms with Crippen LogP contribution in [0, 0.1) is 0 Å². The van der Waals surface area contributed by atoms with E-state index in [-0.39, 0.29) is 12.1 Å². The molecule has 0 radical (unpaired) electrons. The second-order valence-electron chi connectivity index (χ2n) is 8.88. The predicted octanol–water partition coefficient (Wildman–Crippen LogP) is 5.31. The number of rotatable bonds is 4. The zero-order chi connectivity index (χ0) is 19.4. The van der Waals surface area contributed by atoms with Gasteiger partial charge in [0.1, 0.15) is 11.4 Å². The molecule has 1 saturated carbocycles. The Morgan fingerprint density at radius 3 is 2.48 bits per heavy atom. The van der Waals surface area contributed by atoms with Gasteiger partial charge in [0.2, 0.25) is 0 Å². The number of carbonyl (C=O) groups is 1. The average Bonchev–Trinajstić information content (AvgIpc) is 3.15. The van der Waals surface area contributed by atoms with Gasteiger partial charge in [0, 0.05) is 18.3 Å². The second-order valence-corrected chi connectivity index (χ2v) is 8.88. The molecular weight excluding hydrogens is 338 g/mol. The Labute approximate surface area is 164 Å². The number of carbonyl (C=O) groups excluding carboxylic acids is 1. The Morgan fingerprint density at radius 1 is 1.19 bits per heavy atom. The molecule has 1 aliphatic carbocycles. The van der Waals surface area contributed by atoms with E-state index >= 15 is 0 Å². The van der Waals surface area contributed by atoms with Crippen molar-refractivity contribution in [1.82, 2.24) is 9.88 Å². The van der Waals surface area contributed by atoms with Crippen LogP contribution in [0.25, 0.3) is 0 Å². The van der Waals surface area contributed by atoms with Gasteiger partial charge in [-0.2, -0.15) is 0 Å². The first-order valence-corrected chi connectivity index (χ1v) is 10.6. The Morgan fingerprint density at radius 2 is 1.89 bits per heavy atom. The molecular formula is C22H35N3O2. The molecule has 0 spiro atoms. The smallest absolute Gasteiger partial charge is 0.416 e. The Kier molecular flexibility index (Phi) is 6.40. The normalized spacial score (nSPS) is 22.0. The third-order valence-corrected chi connectivity index (χ3v) is 5.70. The van der Waals surface area contributed by atoms with Crippen LogP contribution in [0.5, 0.6) is 0 Å². The van der Waals surface area contributed by atoms with Crippen LogP contribution in [0.4, 0.5) is 10.6 Å². The first-order valence-electron chi connectivity index (χ1n) is 10.6. The molecule has 2 fully saturated rings. The van der Waals surface area contributed by atoms with Gasteiger partial charge in [0.05, 0.1) is 0 Å². The summed E-state index contributed by atoms with van der Waals surface area (Å²) in [7, 11) is 0. The predicted molar refractivity (Wildman–Crippen MR) is 109 cm³/mol. The van der Waals surface area contributed by atoms with Crippen LogP contribution in [0.3, 0.4) is 0 Å². The quantitative estimate of drug-likeness (QED) is 0.717. The number of hydrogen-bond acceptors (Lipinski definition) is 4. The van der Waals surface area contributed by atoms with Gasteiger partial charge in [-0.3, -0.25) is 9.80 Å². The molecule has 1 aromatic heterocycles. The molecule has 0 aromatic carbocycles. The summed E-state index contributed by atoms with van der Waals surface area (Å²) in [6, 6.07) is 4.82. The largest absolute Gasteiger partial charge is 0.443 e. The zero-order valence-electron chi connectivity index (χ0n) is 17.4. The van der Waals surface area contributed by atoms with Crippen LogP contribution in [0.15, 0.2) is 18.3 Å². The van der Waals surface area contributed by atoms with Gasteiger partial charge < -0.3 is 4.74 Å². The number of anilines is 1.